The number of hydrogen-bond donors (Lipinski definition) is 2. The minimum absolute atomic E-state index is 0.203. The topological polar surface area (TPSA) is 115 Å². The molecule has 0 aliphatic rings. The zero-order valence-electron chi connectivity index (χ0n) is 8.26. The summed E-state index contributed by atoms with van der Waals surface area (Å²) in [5.74, 6) is -1.34. The van der Waals surface area contributed by atoms with Crippen LogP contribution in [0.25, 0.3) is 0 Å². The van der Waals surface area contributed by atoms with Crippen LogP contribution in [0.5, 0.6) is 0 Å². The molecule has 0 aromatic carbocycles. The number of aromatic carboxylic acids is 1. The number of nitrogens with zero attached hydrogens (tertiary/aromatic N) is 2. The van der Waals surface area contributed by atoms with Gasteiger partial charge in [-0.05, 0) is 6.42 Å². The van der Waals surface area contributed by atoms with Crippen molar-refractivity contribution in [1.29, 1.82) is 0 Å². The molecule has 1 heterocycles. The van der Waals surface area contributed by atoms with Crippen LogP contribution in [0.4, 0.5) is 0 Å². The molecule has 0 amide bonds. The summed E-state index contributed by atoms with van der Waals surface area (Å²) in [5, 5.41) is 17.1. The molecule has 0 radical (unpaired) electrons. The molecule has 0 spiro atoms. The molecule has 15 heavy (non-hydrogen) atoms. The van der Waals surface area contributed by atoms with Crippen LogP contribution in [0.3, 0.4) is 0 Å². The molecule has 0 saturated carbocycles. The van der Waals surface area contributed by atoms with Gasteiger partial charge in [-0.25, -0.2) is 18.4 Å². The molecule has 0 fully saturated rings. The zero-order chi connectivity index (χ0) is 11.8. The molecule has 1 aromatic heterocycles. The van der Waals surface area contributed by atoms with Crippen molar-refractivity contribution in [1.82, 2.24) is 9.78 Å². The number of aryl methyl sites for hydroxylation is 2. The van der Waals surface area contributed by atoms with E-state index in [-0.39, 0.29) is 11.3 Å². The Kier molecular flexibility index (Phi) is 2.82. The van der Waals surface area contributed by atoms with E-state index >= 15 is 0 Å². The second-order valence-corrected chi connectivity index (χ2v) is 4.43. The van der Waals surface area contributed by atoms with E-state index in [0.717, 1.165) is 4.68 Å². The van der Waals surface area contributed by atoms with Crippen molar-refractivity contribution < 1.29 is 18.3 Å². The minimum Gasteiger partial charge on any atom is -0.478 e. The average Bonchev–Trinajstić information content (AvgIpc) is 2.41. The van der Waals surface area contributed by atoms with Crippen molar-refractivity contribution in [3.8, 4) is 0 Å². The Labute approximate surface area is 86.6 Å². The van der Waals surface area contributed by atoms with Gasteiger partial charge in [-0.15, -0.1) is 0 Å². The van der Waals surface area contributed by atoms with E-state index in [1.54, 1.807) is 6.92 Å². The van der Waals surface area contributed by atoms with Crippen molar-refractivity contribution in [3.63, 3.8) is 0 Å². The molecule has 0 atom stereocenters. The van der Waals surface area contributed by atoms with Crippen LogP contribution < -0.4 is 5.14 Å². The van der Waals surface area contributed by atoms with E-state index in [2.05, 4.69) is 5.10 Å². The Bertz CT molecular complexity index is 503. The fraction of sp³-hybridized carbons (Fsp3) is 0.429. The molecule has 0 unspecified atom stereocenters. The Morgan fingerprint density at radius 1 is 1.60 bits per heavy atom. The highest BCUT2D eigenvalue weighted by molar-refractivity contribution is 7.89. The van der Waals surface area contributed by atoms with Gasteiger partial charge < -0.3 is 5.11 Å². The SMILES string of the molecule is CCc1nn(C)c(S(N)(=O)=O)c1C(=O)O. The second-order valence-electron chi connectivity index (χ2n) is 2.95. The smallest absolute Gasteiger partial charge is 0.340 e. The molecule has 0 saturated heterocycles. The first-order valence-corrected chi connectivity index (χ1v) is 5.65. The maximum absolute atomic E-state index is 11.2. The molecule has 0 bridgehead atoms. The Morgan fingerprint density at radius 3 is 2.47 bits per heavy atom. The molecular weight excluding hydrogens is 222 g/mol. The van der Waals surface area contributed by atoms with Crippen LogP contribution in [0.2, 0.25) is 0 Å². The third-order valence-corrected chi connectivity index (χ3v) is 2.89. The summed E-state index contributed by atoms with van der Waals surface area (Å²) < 4.78 is 23.3. The van der Waals surface area contributed by atoms with Gasteiger partial charge in [0.2, 0.25) is 0 Å². The van der Waals surface area contributed by atoms with E-state index in [1.807, 2.05) is 0 Å². The number of nitrogens with two attached hydrogens (primary N) is 1. The Morgan fingerprint density at radius 2 is 2.13 bits per heavy atom. The number of carboxylic acids is 1. The highest BCUT2D eigenvalue weighted by atomic mass is 32.2. The van der Waals surface area contributed by atoms with E-state index in [0.29, 0.717) is 6.42 Å². The van der Waals surface area contributed by atoms with Gasteiger partial charge in [-0.3, -0.25) is 4.68 Å². The van der Waals surface area contributed by atoms with Gasteiger partial charge in [-0.1, -0.05) is 6.92 Å². The first-order valence-electron chi connectivity index (χ1n) is 4.11. The summed E-state index contributed by atoms with van der Waals surface area (Å²) in [6.45, 7) is 1.68. The third-order valence-electron chi connectivity index (χ3n) is 1.89. The largest absolute Gasteiger partial charge is 0.478 e. The van der Waals surface area contributed by atoms with Crippen LogP contribution in [0, 0.1) is 0 Å². The fourth-order valence-corrected chi connectivity index (χ4v) is 2.25. The quantitative estimate of drug-likeness (QED) is 0.718. The maximum Gasteiger partial charge on any atom is 0.340 e. The number of rotatable bonds is 3. The van der Waals surface area contributed by atoms with Crippen molar-refractivity contribution in [3.05, 3.63) is 11.3 Å². The Balaban J connectivity index is 3.64. The molecule has 0 aliphatic carbocycles. The lowest BCUT2D eigenvalue weighted by Crippen LogP contribution is -2.19. The fourth-order valence-electron chi connectivity index (χ4n) is 1.35. The molecule has 0 aliphatic heterocycles. The number of carbonyl (C=O) groups is 1. The molecular formula is C7H11N3O4S. The first-order chi connectivity index (χ1) is 6.79. The van der Waals surface area contributed by atoms with Crippen molar-refractivity contribution in [2.45, 2.75) is 18.4 Å². The van der Waals surface area contributed by atoms with Crippen LogP contribution in [0.1, 0.15) is 23.0 Å². The molecule has 8 heteroatoms. The number of primary sulfonamides is 1. The van der Waals surface area contributed by atoms with Crippen molar-refractivity contribution in [2.24, 2.45) is 12.2 Å². The van der Waals surface area contributed by atoms with Gasteiger partial charge in [-0.2, -0.15) is 5.10 Å². The molecule has 1 rings (SSSR count). The Hall–Kier alpha value is -1.41. The van der Waals surface area contributed by atoms with Gasteiger partial charge in [0.15, 0.2) is 5.03 Å². The van der Waals surface area contributed by atoms with Gasteiger partial charge in [0.05, 0.1) is 5.69 Å². The van der Waals surface area contributed by atoms with E-state index in [9.17, 15) is 13.2 Å². The zero-order valence-corrected chi connectivity index (χ0v) is 9.08. The second kappa shape index (κ2) is 3.63. The van der Waals surface area contributed by atoms with Crippen LogP contribution in [0.15, 0.2) is 5.03 Å². The minimum atomic E-state index is -4.08. The molecule has 84 valence electrons. The van der Waals surface area contributed by atoms with E-state index in [1.165, 1.54) is 7.05 Å². The van der Waals surface area contributed by atoms with Crippen LogP contribution >= 0.6 is 0 Å². The summed E-state index contributed by atoms with van der Waals surface area (Å²) in [5.41, 5.74) is -0.142. The number of hydrogen-bond acceptors (Lipinski definition) is 4. The lowest BCUT2D eigenvalue weighted by atomic mass is 10.2. The predicted octanol–water partition coefficient (Wildman–Crippen LogP) is -0.672. The molecule has 3 N–H and O–H groups in total. The highest BCUT2D eigenvalue weighted by Crippen LogP contribution is 2.18. The van der Waals surface area contributed by atoms with Gasteiger partial charge >= 0.3 is 5.97 Å². The van der Waals surface area contributed by atoms with E-state index in [4.69, 9.17) is 10.2 Å². The normalized spacial score (nSPS) is 11.7. The van der Waals surface area contributed by atoms with Gasteiger partial charge in [0.25, 0.3) is 10.0 Å². The summed E-state index contributed by atoms with van der Waals surface area (Å²) in [6.07, 6.45) is 0.324. The highest BCUT2D eigenvalue weighted by Gasteiger charge is 2.27. The average molecular weight is 233 g/mol. The lowest BCUT2D eigenvalue weighted by molar-refractivity contribution is 0.0691. The standard InChI is InChI=1S/C7H11N3O4S/c1-3-4-5(7(11)12)6(10(2)9-4)15(8,13)14/h3H2,1-2H3,(H,11,12)(H2,8,13,14). The monoisotopic (exact) mass is 233 g/mol. The predicted molar refractivity (Wildman–Crippen MR) is 50.9 cm³/mol. The molecule has 7 nitrogen and oxygen atoms in total. The van der Waals surface area contributed by atoms with Crippen molar-refractivity contribution >= 4 is 16.0 Å². The number of aromatic nitrogens is 2. The van der Waals surface area contributed by atoms with E-state index < -0.39 is 21.0 Å². The number of sulfonamides is 1. The lowest BCUT2D eigenvalue weighted by Gasteiger charge is -1.99. The van der Waals surface area contributed by atoms with Crippen molar-refractivity contribution in [2.75, 3.05) is 0 Å². The third kappa shape index (κ3) is 2.00. The van der Waals surface area contributed by atoms with Gasteiger partial charge in [0, 0.05) is 7.05 Å². The van der Waals surface area contributed by atoms with Gasteiger partial charge in [0.1, 0.15) is 5.56 Å². The van der Waals surface area contributed by atoms with Crippen LogP contribution in [-0.4, -0.2) is 29.3 Å². The summed E-state index contributed by atoms with van der Waals surface area (Å²) in [7, 11) is -2.74. The first kappa shape index (κ1) is 11.7. The summed E-state index contributed by atoms with van der Waals surface area (Å²) in [4.78, 5) is 10.9. The number of carboxylic acid groups (broad SMARTS) is 1. The summed E-state index contributed by atoms with van der Waals surface area (Å²) >= 11 is 0. The molecule has 1 aromatic rings. The maximum atomic E-state index is 11.2. The van der Waals surface area contributed by atoms with Crippen LogP contribution in [-0.2, 0) is 23.5 Å². The summed E-state index contributed by atoms with van der Waals surface area (Å²) in [6, 6.07) is 0.